The van der Waals surface area contributed by atoms with E-state index in [1.807, 2.05) is 24.3 Å². The molecule has 0 saturated carbocycles. The van der Waals surface area contributed by atoms with Crippen LogP contribution in [0, 0.1) is 0 Å². The molecule has 1 aromatic rings. The Hall–Kier alpha value is -1.18. The van der Waals surface area contributed by atoms with Crippen LogP contribution in [0.15, 0.2) is 30.3 Å². The number of benzene rings is 1. The molecule has 0 spiro atoms. The van der Waals surface area contributed by atoms with Crippen LogP contribution in [0.25, 0.3) is 6.08 Å². The van der Waals surface area contributed by atoms with Crippen molar-refractivity contribution in [2.75, 3.05) is 0 Å². The molecule has 0 unspecified atom stereocenters. The van der Waals surface area contributed by atoms with E-state index < -0.39 is 5.92 Å². The summed E-state index contributed by atoms with van der Waals surface area (Å²) in [6.45, 7) is 0. The van der Waals surface area contributed by atoms with E-state index >= 15 is 0 Å². The Labute approximate surface area is 82.3 Å². The minimum Gasteiger partial charge on any atom is -0.202 e. The van der Waals surface area contributed by atoms with E-state index in [-0.39, 0.29) is 6.42 Å². The summed E-state index contributed by atoms with van der Waals surface area (Å²) >= 11 is 0. The van der Waals surface area contributed by atoms with Crippen molar-refractivity contribution in [1.82, 2.24) is 0 Å². The van der Waals surface area contributed by atoms with Crippen molar-refractivity contribution in [2.24, 2.45) is 0 Å². The molecule has 0 fully saturated rings. The Bertz CT molecular complexity index is 353. The van der Waals surface area contributed by atoms with E-state index in [0.29, 0.717) is 6.42 Å². The van der Waals surface area contributed by atoms with E-state index in [9.17, 15) is 8.78 Å². The first-order chi connectivity index (χ1) is 6.67. The van der Waals surface area contributed by atoms with Crippen molar-refractivity contribution in [3.05, 3.63) is 41.5 Å². The Morgan fingerprint density at radius 1 is 1.14 bits per heavy atom. The predicted octanol–water partition coefficient (Wildman–Crippen LogP) is 3.67. The number of aryl methyl sites for hydroxylation is 1. The molecule has 14 heavy (non-hydrogen) atoms. The van der Waals surface area contributed by atoms with E-state index in [4.69, 9.17) is 0 Å². The van der Waals surface area contributed by atoms with Gasteiger partial charge in [-0.2, -0.15) is 0 Å². The van der Waals surface area contributed by atoms with Gasteiger partial charge in [0.1, 0.15) is 0 Å². The fraction of sp³-hybridized carbons (Fsp3) is 0.333. The van der Waals surface area contributed by atoms with Gasteiger partial charge < -0.3 is 0 Å². The Morgan fingerprint density at radius 3 is 2.79 bits per heavy atom. The molecule has 0 saturated heterocycles. The highest BCUT2D eigenvalue weighted by Crippen LogP contribution is 2.28. The summed E-state index contributed by atoms with van der Waals surface area (Å²) in [5, 5.41) is 0. The summed E-state index contributed by atoms with van der Waals surface area (Å²) < 4.78 is 26.1. The number of rotatable bonds is 0. The van der Waals surface area contributed by atoms with Crippen LogP contribution >= 0.6 is 0 Å². The van der Waals surface area contributed by atoms with Crippen molar-refractivity contribution in [1.29, 1.82) is 0 Å². The minimum atomic E-state index is -2.63. The summed E-state index contributed by atoms with van der Waals surface area (Å²) in [6.07, 6.45) is 3.81. The largest absolute Gasteiger partial charge is 0.266 e. The molecule has 0 nitrogen and oxygen atoms in total. The lowest BCUT2D eigenvalue weighted by molar-refractivity contribution is 0.0441. The van der Waals surface area contributed by atoms with Crippen molar-refractivity contribution < 1.29 is 8.78 Å². The molecular formula is C12H12F2. The van der Waals surface area contributed by atoms with Crippen LogP contribution in [0.1, 0.15) is 24.0 Å². The average molecular weight is 194 g/mol. The first-order valence-electron chi connectivity index (χ1n) is 4.82. The van der Waals surface area contributed by atoms with Gasteiger partial charge in [0.05, 0.1) is 0 Å². The molecule has 2 rings (SSSR count). The van der Waals surface area contributed by atoms with Gasteiger partial charge in [-0.15, -0.1) is 0 Å². The predicted molar refractivity (Wildman–Crippen MR) is 53.4 cm³/mol. The van der Waals surface area contributed by atoms with Crippen molar-refractivity contribution in [3.8, 4) is 0 Å². The zero-order valence-corrected chi connectivity index (χ0v) is 7.84. The molecule has 0 radical (unpaired) electrons. The van der Waals surface area contributed by atoms with Gasteiger partial charge in [0.25, 0.3) is 5.92 Å². The molecule has 74 valence electrons. The Kier molecular flexibility index (Phi) is 2.36. The topological polar surface area (TPSA) is 0 Å². The smallest absolute Gasteiger partial charge is 0.202 e. The van der Waals surface area contributed by atoms with Crippen LogP contribution in [0.2, 0.25) is 0 Å². The summed E-state index contributed by atoms with van der Waals surface area (Å²) in [5.74, 6) is -2.63. The van der Waals surface area contributed by atoms with E-state index in [1.54, 1.807) is 0 Å². The maximum absolute atomic E-state index is 13.1. The number of allylic oxidation sites excluding steroid dienone is 1. The maximum atomic E-state index is 13.1. The third-order valence-electron chi connectivity index (χ3n) is 2.52. The van der Waals surface area contributed by atoms with Gasteiger partial charge in [-0.05, 0) is 30.0 Å². The van der Waals surface area contributed by atoms with Crippen molar-refractivity contribution in [2.45, 2.75) is 25.2 Å². The molecule has 0 N–H and O–H groups in total. The zero-order valence-electron chi connectivity index (χ0n) is 7.84. The molecule has 0 aliphatic heterocycles. The second-order valence-electron chi connectivity index (χ2n) is 3.65. The molecule has 1 aliphatic carbocycles. The summed E-state index contributed by atoms with van der Waals surface area (Å²) in [7, 11) is 0. The Balaban J connectivity index is 2.37. The van der Waals surface area contributed by atoms with Crippen LogP contribution in [0.4, 0.5) is 8.78 Å². The van der Waals surface area contributed by atoms with Crippen LogP contribution in [-0.4, -0.2) is 5.92 Å². The van der Waals surface area contributed by atoms with Crippen molar-refractivity contribution >= 4 is 6.08 Å². The number of alkyl halides is 2. The van der Waals surface area contributed by atoms with Crippen LogP contribution in [-0.2, 0) is 6.42 Å². The van der Waals surface area contributed by atoms with Gasteiger partial charge in [-0.1, -0.05) is 30.3 Å². The highest BCUT2D eigenvalue weighted by Gasteiger charge is 2.25. The molecule has 0 amide bonds. The fourth-order valence-electron chi connectivity index (χ4n) is 1.73. The molecular weight excluding hydrogens is 182 g/mol. The molecule has 0 bridgehead atoms. The number of hydrogen-bond donors (Lipinski definition) is 0. The van der Waals surface area contributed by atoms with Crippen LogP contribution < -0.4 is 0 Å². The highest BCUT2D eigenvalue weighted by atomic mass is 19.3. The highest BCUT2D eigenvalue weighted by molar-refractivity contribution is 5.55. The second-order valence-corrected chi connectivity index (χ2v) is 3.65. The lowest BCUT2D eigenvalue weighted by atomic mass is 9.96. The summed E-state index contributed by atoms with van der Waals surface area (Å²) in [6, 6.07) is 7.71. The van der Waals surface area contributed by atoms with E-state index in [0.717, 1.165) is 18.1 Å². The zero-order chi connectivity index (χ0) is 10.0. The average Bonchev–Trinajstić information content (AvgIpc) is 2.14. The lowest BCUT2D eigenvalue weighted by Gasteiger charge is -2.15. The monoisotopic (exact) mass is 194 g/mol. The van der Waals surface area contributed by atoms with Gasteiger partial charge in [0.15, 0.2) is 0 Å². The van der Waals surface area contributed by atoms with Gasteiger partial charge in [-0.3, -0.25) is 0 Å². The molecule has 1 aromatic carbocycles. The lowest BCUT2D eigenvalue weighted by Crippen LogP contribution is -2.13. The molecule has 0 heterocycles. The van der Waals surface area contributed by atoms with Gasteiger partial charge in [0, 0.05) is 6.42 Å². The molecule has 0 aromatic heterocycles. The Morgan fingerprint density at radius 2 is 1.93 bits per heavy atom. The molecule has 1 aliphatic rings. The summed E-state index contributed by atoms with van der Waals surface area (Å²) in [5.41, 5.74) is 2.09. The first kappa shape index (κ1) is 9.38. The SMILES string of the molecule is FC1(F)C=Cc2ccccc2CCC1. The number of hydrogen-bond acceptors (Lipinski definition) is 0. The maximum Gasteiger partial charge on any atom is 0.266 e. The number of halogens is 2. The van der Waals surface area contributed by atoms with Crippen molar-refractivity contribution in [3.63, 3.8) is 0 Å². The quantitative estimate of drug-likeness (QED) is 0.591. The minimum absolute atomic E-state index is 0.0438. The third kappa shape index (κ3) is 2.00. The van der Waals surface area contributed by atoms with E-state index in [1.165, 1.54) is 11.6 Å². The molecule has 0 atom stereocenters. The fourth-order valence-corrected chi connectivity index (χ4v) is 1.73. The first-order valence-corrected chi connectivity index (χ1v) is 4.82. The van der Waals surface area contributed by atoms with Gasteiger partial charge in [0.2, 0.25) is 0 Å². The second kappa shape index (κ2) is 3.52. The van der Waals surface area contributed by atoms with Gasteiger partial charge in [-0.25, -0.2) is 8.78 Å². The standard InChI is InChI=1S/C12H12F2/c13-12(14)8-3-6-10-4-1-2-5-11(10)7-9-12/h1-2,4-5,7,9H,3,6,8H2. The van der Waals surface area contributed by atoms with Crippen LogP contribution in [0.3, 0.4) is 0 Å². The van der Waals surface area contributed by atoms with Gasteiger partial charge >= 0.3 is 0 Å². The third-order valence-corrected chi connectivity index (χ3v) is 2.52. The normalized spacial score (nSPS) is 19.6. The van der Waals surface area contributed by atoms with E-state index in [2.05, 4.69) is 0 Å². The molecule has 2 heteroatoms. The number of fused-ring (bicyclic) bond motifs is 1. The van der Waals surface area contributed by atoms with Crippen LogP contribution in [0.5, 0.6) is 0 Å². The summed E-state index contributed by atoms with van der Waals surface area (Å²) in [4.78, 5) is 0.